The number of rotatable bonds is 5. The number of halogens is 3. The standard InChI is InChI=1S/C14H18F3N5O2/c1-9(6-13(2)23-3-4-24-13)7-18-11-5-10(14(15,16)17)21-12-19-8-20-22(11)12/h5,8-9,18H,3-4,6-7H2,1-2H3/t9-/m0/s1. The zero-order chi connectivity index (χ0) is 17.4. The third-order valence-corrected chi connectivity index (χ3v) is 3.79. The Morgan fingerprint density at radius 3 is 2.75 bits per heavy atom. The van der Waals surface area contributed by atoms with Crippen LogP contribution in [-0.4, -0.2) is 45.1 Å². The van der Waals surface area contributed by atoms with Gasteiger partial charge in [0.2, 0.25) is 0 Å². The maximum Gasteiger partial charge on any atom is 0.433 e. The molecule has 0 radical (unpaired) electrons. The van der Waals surface area contributed by atoms with Crippen molar-refractivity contribution in [1.82, 2.24) is 19.6 Å². The van der Waals surface area contributed by atoms with Crippen molar-refractivity contribution in [1.29, 1.82) is 0 Å². The lowest BCUT2D eigenvalue weighted by molar-refractivity contribution is -0.153. The monoisotopic (exact) mass is 345 g/mol. The molecule has 0 bridgehead atoms. The van der Waals surface area contributed by atoms with Crippen molar-refractivity contribution in [2.24, 2.45) is 5.92 Å². The van der Waals surface area contributed by atoms with E-state index in [1.165, 1.54) is 10.8 Å². The molecular weight excluding hydrogens is 327 g/mol. The van der Waals surface area contributed by atoms with Gasteiger partial charge in [-0.2, -0.15) is 27.8 Å². The maximum atomic E-state index is 12.9. The van der Waals surface area contributed by atoms with Crippen molar-refractivity contribution in [3.63, 3.8) is 0 Å². The first-order valence-electron chi connectivity index (χ1n) is 7.57. The molecule has 3 rings (SSSR count). The molecule has 0 saturated carbocycles. The van der Waals surface area contributed by atoms with Crippen LogP contribution in [0.15, 0.2) is 12.4 Å². The molecule has 2 aromatic rings. The van der Waals surface area contributed by atoms with Crippen molar-refractivity contribution in [3.05, 3.63) is 18.1 Å². The summed E-state index contributed by atoms with van der Waals surface area (Å²) in [6.07, 6.45) is -2.76. The number of ether oxygens (including phenoxy) is 2. The molecule has 1 saturated heterocycles. The van der Waals surface area contributed by atoms with E-state index in [-0.39, 0.29) is 17.5 Å². The lowest BCUT2D eigenvalue weighted by atomic mass is 10.0. The summed E-state index contributed by atoms with van der Waals surface area (Å²) < 4.78 is 51.2. The molecule has 1 aliphatic rings. The molecule has 24 heavy (non-hydrogen) atoms. The molecule has 0 aliphatic carbocycles. The van der Waals surface area contributed by atoms with Crippen LogP contribution in [0.4, 0.5) is 19.0 Å². The number of nitrogens with zero attached hydrogens (tertiary/aromatic N) is 4. The van der Waals surface area contributed by atoms with Crippen LogP contribution in [0, 0.1) is 5.92 Å². The molecule has 132 valence electrons. The summed E-state index contributed by atoms with van der Waals surface area (Å²) in [4.78, 5) is 7.21. The van der Waals surface area contributed by atoms with Crippen LogP contribution in [0.2, 0.25) is 0 Å². The Balaban J connectivity index is 1.73. The highest BCUT2D eigenvalue weighted by molar-refractivity contribution is 5.45. The normalized spacial score (nSPS) is 18.9. The largest absolute Gasteiger partial charge is 0.433 e. The Labute approximate surface area is 136 Å². The van der Waals surface area contributed by atoms with E-state index >= 15 is 0 Å². The van der Waals surface area contributed by atoms with E-state index in [1.54, 1.807) is 0 Å². The van der Waals surface area contributed by atoms with E-state index in [4.69, 9.17) is 9.47 Å². The molecular formula is C14H18F3N5O2. The van der Waals surface area contributed by atoms with Crippen LogP contribution in [0.1, 0.15) is 26.0 Å². The van der Waals surface area contributed by atoms with Gasteiger partial charge in [-0.05, 0) is 12.8 Å². The molecule has 1 fully saturated rings. The van der Waals surface area contributed by atoms with Crippen LogP contribution < -0.4 is 5.32 Å². The quantitative estimate of drug-likeness (QED) is 0.897. The molecule has 1 atom stereocenters. The Bertz CT molecular complexity index is 712. The van der Waals surface area contributed by atoms with Crippen molar-refractivity contribution in [2.75, 3.05) is 25.1 Å². The highest BCUT2D eigenvalue weighted by Gasteiger charge is 2.35. The molecule has 3 heterocycles. The smallest absolute Gasteiger partial charge is 0.370 e. The fourth-order valence-electron chi connectivity index (χ4n) is 2.74. The van der Waals surface area contributed by atoms with Crippen molar-refractivity contribution in [2.45, 2.75) is 32.2 Å². The van der Waals surface area contributed by atoms with Gasteiger partial charge in [-0.3, -0.25) is 0 Å². The third kappa shape index (κ3) is 3.59. The number of hydrogen-bond acceptors (Lipinski definition) is 6. The van der Waals surface area contributed by atoms with Gasteiger partial charge in [0.15, 0.2) is 11.5 Å². The highest BCUT2D eigenvalue weighted by atomic mass is 19.4. The predicted molar refractivity (Wildman–Crippen MR) is 78.4 cm³/mol. The number of aromatic nitrogens is 4. The third-order valence-electron chi connectivity index (χ3n) is 3.79. The Kier molecular flexibility index (Phi) is 4.35. The van der Waals surface area contributed by atoms with Crippen molar-refractivity contribution < 1.29 is 22.6 Å². The second-order valence-corrected chi connectivity index (χ2v) is 6.02. The van der Waals surface area contributed by atoms with Gasteiger partial charge in [-0.15, -0.1) is 0 Å². The summed E-state index contributed by atoms with van der Waals surface area (Å²) in [6, 6.07) is 0.929. The first-order chi connectivity index (χ1) is 11.3. The minimum Gasteiger partial charge on any atom is -0.370 e. The van der Waals surface area contributed by atoms with Gasteiger partial charge in [0.25, 0.3) is 5.78 Å². The van der Waals surface area contributed by atoms with Crippen LogP contribution in [0.25, 0.3) is 5.78 Å². The summed E-state index contributed by atoms with van der Waals surface area (Å²) in [5, 5.41) is 6.89. The summed E-state index contributed by atoms with van der Waals surface area (Å²) in [5.41, 5.74) is -1.01. The van der Waals surface area contributed by atoms with Gasteiger partial charge in [0.1, 0.15) is 12.1 Å². The van der Waals surface area contributed by atoms with E-state index in [1.807, 2.05) is 13.8 Å². The predicted octanol–water partition coefficient (Wildman–Crippen LogP) is 2.34. The molecule has 1 N–H and O–H groups in total. The zero-order valence-electron chi connectivity index (χ0n) is 13.3. The first-order valence-corrected chi connectivity index (χ1v) is 7.57. The molecule has 7 nitrogen and oxygen atoms in total. The van der Waals surface area contributed by atoms with Gasteiger partial charge in [0, 0.05) is 19.0 Å². The van der Waals surface area contributed by atoms with E-state index in [0.29, 0.717) is 26.2 Å². The van der Waals surface area contributed by atoms with Crippen LogP contribution in [0.5, 0.6) is 0 Å². The fourth-order valence-corrected chi connectivity index (χ4v) is 2.74. The Hall–Kier alpha value is -1.94. The summed E-state index contributed by atoms with van der Waals surface area (Å²) in [5.74, 6) is -0.447. The van der Waals surface area contributed by atoms with E-state index in [2.05, 4.69) is 20.4 Å². The van der Waals surface area contributed by atoms with Crippen molar-refractivity contribution in [3.8, 4) is 0 Å². The Morgan fingerprint density at radius 2 is 2.08 bits per heavy atom. The molecule has 0 amide bonds. The molecule has 0 spiro atoms. The second kappa shape index (κ2) is 6.17. The fraction of sp³-hybridized carbons (Fsp3) is 0.643. The lowest BCUT2D eigenvalue weighted by Gasteiger charge is -2.26. The first kappa shape index (κ1) is 16.9. The summed E-state index contributed by atoms with van der Waals surface area (Å²) >= 11 is 0. The van der Waals surface area contributed by atoms with Gasteiger partial charge >= 0.3 is 6.18 Å². The van der Waals surface area contributed by atoms with E-state index < -0.39 is 17.7 Å². The number of alkyl halides is 3. The number of anilines is 1. The van der Waals surface area contributed by atoms with Gasteiger partial charge in [-0.1, -0.05) is 6.92 Å². The van der Waals surface area contributed by atoms with Gasteiger partial charge in [-0.25, -0.2) is 4.98 Å². The van der Waals surface area contributed by atoms with E-state index in [9.17, 15) is 13.2 Å². The minimum atomic E-state index is -4.55. The minimum absolute atomic E-state index is 0.102. The molecule has 0 aromatic carbocycles. The zero-order valence-corrected chi connectivity index (χ0v) is 13.3. The van der Waals surface area contributed by atoms with Gasteiger partial charge < -0.3 is 14.8 Å². The van der Waals surface area contributed by atoms with Crippen LogP contribution in [0.3, 0.4) is 0 Å². The number of fused-ring (bicyclic) bond motifs is 1. The van der Waals surface area contributed by atoms with E-state index in [0.717, 1.165) is 6.07 Å². The highest BCUT2D eigenvalue weighted by Crippen LogP contribution is 2.30. The molecule has 2 aromatic heterocycles. The SMILES string of the molecule is C[C@H](CNc1cc(C(F)(F)F)nc2ncnn12)CC1(C)OCCO1. The lowest BCUT2D eigenvalue weighted by Crippen LogP contribution is -2.30. The second-order valence-electron chi connectivity index (χ2n) is 6.02. The number of nitrogens with one attached hydrogen (secondary N) is 1. The number of hydrogen-bond donors (Lipinski definition) is 1. The summed E-state index contributed by atoms with van der Waals surface area (Å²) in [7, 11) is 0. The average molecular weight is 345 g/mol. The average Bonchev–Trinajstić information content (AvgIpc) is 3.12. The van der Waals surface area contributed by atoms with Crippen molar-refractivity contribution >= 4 is 11.6 Å². The Morgan fingerprint density at radius 1 is 1.38 bits per heavy atom. The van der Waals surface area contributed by atoms with Crippen LogP contribution in [-0.2, 0) is 15.7 Å². The molecule has 0 unspecified atom stereocenters. The molecule has 1 aliphatic heterocycles. The summed E-state index contributed by atoms with van der Waals surface area (Å²) in [6.45, 7) is 5.36. The molecule has 10 heteroatoms. The topological polar surface area (TPSA) is 73.6 Å². The maximum absolute atomic E-state index is 12.9. The van der Waals surface area contributed by atoms with Crippen LogP contribution >= 0.6 is 0 Å². The van der Waals surface area contributed by atoms with Gasteiger partial charge in [0.05, 0.1) is 13.2 Å².